The van der Waals surface area contributed by atoms with Crippen LogP contribution in [0.1, 0.15) is 16.8 Å². The number of rotatable bonds is 4. The standard InChI is InChI=1S/C11H13Cl2N3O2/c1-16(2)10(17)3-4-14-11(18)7-5-9(13)15-6-8(7)12/h5-6H,3-4H2,1-2H3,(H,14,18). The minimum Gasteiger partial charge on any atom is -0.351 e. The summed E-state index contributed by atoms with van der Waals surface area (Å²) in [6.07, 6.45) is 1.54. The third-order valence-corrected chi connectivity index (χ3v) is 2.70. The minimum atomic E-state index is -0.379. The Kier molecular flexibility index (Phi) is 5.37. The highest BCUT2D eigenvalue weighted by molar-refractivity contribution is 6.35. The molecule has 0 aliphatic carbocycles. The topological polar surface area (TPSA) is 62.3 Å². The molecule has 1 aromatic rings. The van der Waals surface area contributed by atoms with E-state index in [2.05, 4.69) is 10.3 Å². The van der Waals surface area contributed by atoms with E-state index in [1.165, 1.54) is 17.2 Å². The summed E-state index contributed by atoms with van der Waals surface area (Å²) in [5.41, 5.74) is 0.244. The maximum absolute atomic E-state index is 11.8. The van der Waals surface area contributed by atoms with E-state index in [1.807, 2.05) is 0 Å². The first kappa shape index (κ1) is 14.7. The number of hydrogen-bond donors (Lipinski definition) is 1. The molecular weight excluding hydrogens is 277 g/mol. The van der Waals surface area contributed by atoms with Crippen molar-refractivity contribution in [3.8, 4) is 0 Å². The SMILES string of the molecule is CN(C)C(=O)CCNC(=O)c1cc(Cl)ncc1Cl. The van der Waals surface area contributed by atoms with E-state index in [-0.39, 0.29) is 40.5 Å². The van der Waals surface area contributed by atoms with Crippen molar-refractivity contribution in [3.05, 3.63) is 28.0 Å². The van der Waals surface area contributed by atoms with Crippen LogP contribution < -0.4 is 5.32 Å². The van der Waals surface area contributed by atoms with Crippen LogP contribution in [-0.4, -0.2) is 42.3 Å². The van der Waals surface area contributed by atoms with Gasteiger partial charge in [-0.2, -0.15) is 0 Å². The van der Waals surface area contributed by atoms with Crippen molar-refractivity contribution >= 4 is 35.0 Å². The van der Waals surface area contributed by atoms with Gasteiger partial charge in [-0.25, -0.2) is 4.98 Å². The zero-order valence-corrected chi connectivity index (χ0v) is 11.5. The predicted octanol–water partition coefficient (Wildman–Crippen LogP) is 1.60. The van der Waals surface area contributed by atoms with Crippen LogP contribution in [0.4, 0.5) is 0 Å². The van der Waals surface area contributed by atoms with Crippen LogP contribution in [0.15, 0.2) is 12.3 Å². The number of halogens is 2. The Morgan fingerprint density at radius 3 is 2.67 bits per heavy atom. The van der Waals surface area contributed by atoms with Crippen molar-refractivity contribution < 1.29 is 9.59 Å². The van der Waals surface area contributed by atoms with Crippen molar-refractivity contribution in [2.45, 2.75) is 6.42 Å². The number of amides is 2. The van der Waals surface area contributed by atoms with Gasteiger partial charge >= 0.3 is 0 Å². The molecule has 0 aliphatic rings. The zero-order chi connectivity index (χ0) is 13.7. The second-order valence-electron chi connectivity index (χ2n) is 3.78. The maximum atomic E-state index is 11.8. The highest BCUT2D eigenvalue weighted by atomic mass is 35.5. The summed E-state index contributed by atoms with van der Waals surface area (Å²) < 4.78 is 0. The smallest absolute Gasteiger partial charge is 0.252 e. The van der Waals surface area contributed by atoms with Crippen LogP contribution in [0.5, 0.6) is 0 Å². The largest absolute Gasteiger partial charge is 0.351 e. The molecule has 0 unspecified atom stereocenters. The molecule has 0 saturated heterocycles. The predicted molar refractivity (Wildman–Crippen MR) is 69.9 cm³/mol. The van der Waals surface area contributed by atoms with Crippen LogP contribution in [-0.2, 0) is 4.79 Å². The van der Waals surface area contributed by atoms with Crippen molar-refractivity contribution in [2.75, 3.05) is 20.6 Å². The number of carbonyl (C=O) groups excluding carboxylic acids is 2. The molecule has 0 spiro atoms. The molecule has 0 saturated carbocycles. The lowest BCUT2D eigenvalue weighted by molar-refractivity contribution is -0.128. The van der Waals surface area contributed by atoms with Crippen LogP contribution in [0, 0.1) is 0 Å². The number of nitrogens with zero attached hydrogens (tertiary/aromatic N) is 2. The lowest BCUT2D eigenvalue weighted by Crippen LogP contribution is -2.30. The van der Waals surface area contributed by atoms with Gasteiger partial charge in [0, 0.05) is 33.3 Å². The summed E-state index contributed by atoms with van der Waals surface area (Å²) in [6, 6.07) is 1.38. The molecule has 0 aromatic carbocycles. The van der Waals surface area contributed by atoms with E-state index >= 15 is 0 Å². The van der Waals surface area contributed by atoms with Gasteiger partial charge in [0.1, 0.15) is 5.15 Å². The summed E-state index contributed by atoms with van der Waals surface area (Å²) >= 11 is 11.5. The van der Waals surface area contributed by atoms with Crippen LogP contribution in [0.2, 0.25) is 10.2 Å². The fourth-order valence-corrected chi connectivity index (χ4v) is 1.54. The Labute approximate surface area is 115 Å². The molecular formula is C11H13Cl2N3O2. The molecule has 98 valence electrons. The normalized spacial score (nSPS) is 10.0. The van der Waals surface area contributed by atoms with Gasteiger partial charge in [0.2, 0.25) is 5.91 Å². The van der Waals surface area contributed by atoms with E-state index in [1.54, 1.807) is 14.1 Å². The minimum absolute atomic E-state index is 0.0610. The van der Waals surface area contributed by atoms with Crippen LogP contribution in [0.3, 0.4) is 0 Å². The van der Waals surface area contributed by atoms with Gasteiger partial charge in [-0.05, 0) is 6.07 Å². The Balaban J connectivity index is 2.56. The van der Waals surface area contributed by atoms with E-state index in [4.69, 9.17) is 23.2 Å². The molecule has 7 heteroatoms. The number of hydrogen-bond acceptors (Lipinski definition) is 3. The molecule has 0 aliphatic heterocycles. The molecule has 2 amide bonds. The third-order valence-electron chi connectivity index (χ3n) is 2.19. The van der Waals surface area contributed by atoms with Crippen molar-refractivity contribution in [1.29, 1.82) is 0 Å². The Morgan fingerprint density at radius 2 is 2.06 bits per heavy atom. The van der Waals surface area contributed by atoms with E-state index in [0.29, 0.717) is 0 Å². The van der Waals surface area contributed by atoms with E-state index in [9.17, 15) is 9.59 Å². The van der Waals surface area contributed by atoms with Crippen molar-refractivity contribution in [2.24, 2.45) is 0 Å². The highest BCUT2D eigenvalue weighted by Gasteiger charge is 2.12. The highest BCUT2D eigenvalue weighted by Crippen LogP contribution is 2.17. The molecule has 5 nitrogen and oxygen atoms in total. The first-order chi connectivity index (χ1) is 8.41. The molecule has 1 aromatic heterocycles. The first-order valence-corrected chi connectivity index (χ1v) is 5.97. The zero-order valence-electron chi connectivity index (χ0n) is 10.0. The molecule has 1 heterocycles. The van der Waals surface area contributed by atoms with Gasteiger partial charge in [0.15, 0.2) is 0 Å². The monoisotopic (exact) mass is 289 g/mol. The number of pyridine rings is 1. The second-order valence-corrected chi connectivity index (χ2v) is 4.58. The number of carbonyl (C=O) groups is 2. The van der Waals surface area contributed by atoms with Gasteiger partial charge in [-0.15, -0.1) is 0 Å². The fraction of sp³-hybridized carbons (Fsp3) is 0.364. The summed E-state index contributed by atoms with van der Waals surface area (Å²) in [4.78, 5) is 28.3. The summed E-state index contributed by atoms with van der Waals surface area (Å²) in [7, 11) is 3.31. The first-order valence-electron chi connectivity index (χ1n) is 5.21. The summed E-state index contributed by atoms with van der Waals surface area (Å²) in [5, 5.41) is 3.00. The Bertz CT molecular complexity index is 464. The quantitative estimate of drug-likeness (QED) is 0.857. The summed E-state index contributed by atoms with van der Waals surface area (Å²) in [5.74, 6) is -0.440. The number of nitrogens with one attached hydrogen (secondary N) is 1. The average molecular weight is 290 g/mol. The molecule has 1 rings (SSSR count). The average Bonchev–Trinajstić information content (AvgIpc) is 2.31. The number of aromatic nitrogens is 1. The van der Waals surface area contributed by atoms with Crippen molar-refractivity contribution in [1.82, 2.24) is 15.2 Å². The molecule has 0 radical (unpaired) electrons. The second kappa shape index (κ2) is 6.56. The lowest BCUT2D eigenvalue weighted by atomic mass is 10.2. The molecule has 0 fully saturated rings. The Morgan fingerprint density at radius 1 is 1.39 bits per heavy atom. The van der Waals surface area contributed by atoms with Gasteiger partial charge in [-0.3, -0.25) is 9.59 Å². The Hall–Kier alpha value is -1.33. The summed E-state index contributed by atoms with van der Waals surface area (Å²) in [6.45, 7) is 0.242. The van der Waals surface area contributed by atoms with Gasteiger partial charge in [0.25, 0.3) is 5.91 Å². The molecule has 0 bridgehead atoms. The lowest BCUT2D eigenvalue weighted by Gasteiger charge is -2.10. The van der Waals surface area contributed by atoms with E-state index < -0.39 is 0 Å². The van der Waals surface area contributed by atoms with Gasteiger partial charge in [0.05, 0.1) is 10.6 Å². The van der Waals surface area contributed by atoms with Crippen LogP contribution >= 0.6 is 23.2 Å². The van der Waals surface area contributed by atoms with Crippen LogP contribution in [0.25, 0.3) is 0 Å². The molecule has 18 heavy (non-hydrogen) atoms. The molecule has 0 atom stereocenters. The van der Waals surface area contributed by atoms with Crippen molar-refractivity contribution in [3.63, 3.8) is 0 Å². The van der Waals surface area contributed by atoms with E-state index in [0.717, 1.165) is 0 Å². The third kappa shape index (κ3) is 4.16. The van der Waals surface area contributed by atoms with Gasteiger partial charge in [-0.1, -0.05) is 23.2 Å². The molecule has 1 N–H and O–H groups in total. The van der Waals surface area contributed by atoms with Gasteiger partial charge < -0.3 is 10.2 Å². The maximum Gasteiger partial charge on any atom is 0.252 e. The fourth-order valence-electron chi connectivity index (χ4n) is 1.19.